The predicted molar refractivity (Wildman–Crippen MR) is 128 cm³/mol. The van der Waals surface area contributed by atoms with Crippen LogP contribution < -0.4 is 20.4 Å². The summed E-state index contributed by atoms with van der Waals surface area (Å²) in [5.41, 5.74) is 0.280. The van der Waals surface area contributed by atoms with Gasteiger partial charge in [0.25, 0.3) is 5.91 Å². The number of methoxy groups -OCH3 is 2. The Balaban J connectivity index is 1.57. The summed E-state index contributed by atoms with van der Waals surface area (Å²) in [6, 6.07) is 12.0. The molecule has 8 nitrogen and oxygen atoms in total. The van der Waals surface area contributed by atoms with E-state index in [1.165, 1.54) is 7.11 Å². The average molecular weight is 468 g/mol. The van der Waals surface area contributed by atoms with E-state index in [-0.39, 0.29) is 11.8 Å². The van der Waals surface area contributed by atoms with Crippen molar-refractivity contribution >= 4 is 22.6 Å². The van der Waals surface area contributed by atoms with Gasteiger partial charge in [0.05, 0.1) is 24.4 Å². The third-order valence-corrected chi connectivity index (χ3v) is 6.12. The summed E-state index contributed by atoms with van der Waals surface area (Å²) in [6.45, 7) is 5.77. The van der Waals surface area contributed by atoms with Crippen LogP contribution in [0.25, 0.3) is 11.0 Å². The molecule has 3 aromatic rings. The van der Waals surface area contributed by atoms with E-state index in [9.17, 15) is 9.59 Å². The minimum atomic E-state index is -0.658. The molecule has 2 heterocycles. The van der Waals surface area contributed by atoms with E-state index in [0.29, 0.717) is 40.0 Å². The van der Waals surface area contributed by atoms with Crippen LogP contribution in [0.15, 0.2) is 51.7 Å². The summed E-state index contributed by atoms with van der Waals surface area (Å²) in [7, 11) is 3.16. The standard InChI is InChI=1S/C26H29NO7/c1-15-19(32-22-13-12-21(31-5)26(2,3)34-22)11-10-16-14-18(25(29)33-23(15)16)27-24(28)17-8-6-7-9-20(17)30-4/h6-11,14,21-22H,12-13H2,1-5H3,(H,27,28)/t21-,22-/m1/s1. The minimum absolute atomic E-state index is 0.00689. The number of benzene rings is 2. The number of amides is 1. The maximum atomic E-state index is 12.7. The van der Waals surface area contributed by atoms with E-state index in [4.69, 9.17) is 23.4 Å². The molecule has 0 aliphatic carbocycles. The van der Waals surface area contributed by atoms with Crippen molar-refractivity contribution in [2.45, 2.75) is 51.6 Å². The van der Waals surface area contributed by atoms with Gasteiger partial charge in [0.1, 0.15) is 22.8 Å². The Bertz CT molecular complexity index is 1260. The molecule has 1 amide bonds. The van der Waals surface area contributed by atoms with Crippen molar-refractivity contribution in [1.82, 2.24) is 0 Å². The van der Waals surface area contributed by atoms with Crippen LogP contribution >= 0.6 is 0 Å². The second kappa shape index (κ2) is 9.48. The van der Waals surface area contributed by atoms with Crippen molar-refractivity contribution in [2.75, 3.05) is 19.5 Å². The number of carbonyl (C=O) groups is 1. The lowest BCUT2D eigenvalue weighted by molar-refractivity contribution is -0.233. The van der Waals surface area contributed by atoms with Gasteiger partial charge >= 0.3 is 5.63 Å². The lowest BCUT2D eigenvalue weighted by Gasteiger charge is -2.41. The Hall–Kier alpha value is -3.36. The number of carbonyl (C=O) groups excluding carboxylic acids is 1. The highest BCUT2D eigenvalue weighted by Gasteiger charge is 2.39. The summed E-state index contributed by atoms with van der Waals surface area (Å²) in [4.78, 5) is 25.4. The first-order valence-electron chi connectivity index (χ1n) is 11.1. The van der Waals surface area contributed by atoms with E-state index in [0.717, 1.165) is 6.42 Å². The lowest BCUT2D eigenvalue weighted by Crippen LogP contribution is -2.49. The van der Waals surface area contributed by atoms with E-state index in [1.54, 1.807) is 43.5 Å². The smallest absolute Gasteiger partial charge is 0.360 e. The highest BCUT2D eigenvalue weighted by Crippen LogP contribution is 2.34. The van der Waals surface area contributed by atoms with Gasteiger partial charge in [-0.1, -0.05) is 12.1 Å². The molecule has 1 aliphatic heterocycles. The highest BCUT2D eigenvalue weighted by atomic mass is 16.7. The molecule has 4 rings (SSSR count). The molecule has 0 bridgehead atoms. The van der Waals surface area contributed by atoms with Crippen molar-refractivity contribution in [3.63, 3.8) is 0 Å². The minimum Gasteiger partial charge on any atom is -0.496 e. The van der Waals surface area contributed by atoms with Gasteiger partial charge in [-0.2, -0.15) is 0 Å². The van der Waals surface area contributed by atoms with Gasteiger partial charge in [0.2, 0.25) is 6.29 Å². The molecule has 180 valence electrons. The Morgan fingerprint density at radius 2 is 1.85 bits per heavy atom. The van der Waals surface area contributed by atoms with Gasteiger partial charge in [-0.05, 0) is 57.5 Å². The van der Waals surface area contributed by atoms with Gasteiger partial charge in [0, 0.05) is 24.5 Å². The molecule has 1 N–H and O–H groups in total. The monoisotopic (exact) mass is 467 g/mol. The van der Waals surface area contributed by atoms with E-state index < -0.39 is 23.4 Å². The normalized spacial score (nSPS) is 19.6. The number of fused-ring (bicyclic) bond motifs is 1. The SMILES string of the molecule is COc1ccccc1C(=O)Nc1cc2ccc(O[C@H]3CC[C@@H](OC)C(C)(C)O3)c(C)c2oc1=O. The van der Waals surface area contributed by atoms with Crippen molar-refractivity contribution in [1.29, 1.82) is 0 Å². The van der Waals surface area contributed by atoms with Crippen LogP contribution in [0.1, 0.15) is 42.6 Å². The van der Waals surface area contributed by atoms with E-state index in [2.05, 4.69) is 5.32 Å². The first-order chi connectivity index (χ1) is 16.2. The van der Waals surface area contributed by atoms with Crippen LogP contribution in [0.5, 0.6) is 11.5 Å². The molecule has 8 heteroatoms. The zero-order chi connectivity index (χ0) is 24.5. The quantitative estimate of drug-likeness (QED) is 0.526. The van der Waals surface area contributed by atoms with E-state index in [1.807, 2.05) is 26.8 Å². The number of aryl methyl sites for hydroxylation is 1. The van der Waals surface area contributed by atoms with E-state index >= 15 is 0 Å². The third kappa shape index (κ3) is 4.64. The van der Waals surface area contributed by atoms with Crippen LogP contribution in [0, 0.1) is 6.92 Å². The van der Waals surface area contributed by atoms with Crippen molar-refractivity contribution in [3.05, 3.63) is 64.0 Å². The number of hydrogen-bond acceptors (Lipinski definition) is 7. The summed E-state index contributed by atoms with van der Waals surface area (Å²) in [5, 5.41) is 3.28. The highest BCUT2D eigenvalue weighted by molar-refractivity contribution is 6.06. The van der Waals surface area contributed by atoms with Gasteiger partial charge in [-0.25, -0.2) is 4.79 Å². The molecule has 1 aliphatic rings. The van der Waals surface area contributed by atoms with Crippen LogP contribution in [-0.2, 0) is 9.47 Å². The second-order valence-corrected chi connectivity index (χ2v) is 8.78. The maximum Gasteiger partial charge on any atom is 0.360 e. The third-order valence-electron chi connectivity index (χ3n) is 6.12. The van der Waals surface area contributed by atoms with Gasteiger partial charge in [-0.15, -0.1) is 0 Å². The first kappa shape index (κ1) is 23.8. The van der Waals surface area contributed by atoms with Crippen LogP contribution in [-0.4, -0.2) is 38.1 Å². The lowest BCUT2D eigenvalue weighted by atomic mass is 9.94. The summed E-state index contributed by atoms with van der Waals surface area (Å²) >= 11 is 0. The molecule has 34 heavy (non-hydrogen) atoms. The molecular weight excluding hydrogens is 438 g/mol. The van der Waals surface area contributed by atoms with Crippen molar-refractivity contribution in [3.8, 4) is 11.5 Å². The Kier molecular flexibility index (Phi) is 6.63. The Morgan fingerprint density at radius 1 is 1.09 bits per heavy atom. The number of ether oxygens (including phenoxy) is 4. The number of nitrogens with one attached hydrogen (secondary N) is 1. The summed E-state index contributed by atoms with van der Waals surface area (Å²) in [5.74, 6) is 0.512. The van der Waals surface area contributed by atoms with Gasteiger partial charge in [-0.3, -0.25) is 4.79 Å². The fraction of sp³-hybridized carbons (Fsp3) is 0.385. The topological polar surface area (TPSA) is 96.2 Å². The molecule has 2 atom stereocenters. The summed E-state index contributed by atoms with van der Waals surface area (Å²) < 4.78 is 28.5. The Morgan fingerprint density at radius 3 is 2.56 bits per heavy atom. The fourth-order valence-corrected chi connectivity index (χ4v) is 4.28. The fourth-order valence-electron chi connectivity index (χ4n) is 4.28. The second-order valence-electron chi connectivity index (χ2n) is 8.78. The molecule has 0 unspecified atom stereocenters. The molecule has 0 saturated carbocycles. The van der Waals surface area contributed by atoms with Crippen LogP contribution in [0.2, 0.25) is 0 Å². The molecule has 0 radical (unpaired) electrons. The summed E-state index contributed by atoms with van der Waals surface area (Å²) in [6.07, 6.45) is 1.04. The molecular formula is C26H29NO7. The molecule has 0 spiro atoms. The predicted octanol–water partition coefficient (Wildman–Crippen LogP) is 4.67. The largest absolute Gasteiger partial charge is 0.496 e. The van der Waals surface area contributed by atoms with Gasteiger partial charge in [0.15, 0.2) is 0 Å². The average Bonchev–Trinajstić information content (AvgIpc) is 2.81. The number of anilines is 1. The first-order valence-corrected chi connectivity index (χ1v) is 11.1. The van der Waals surface area contributed by atoms with Crippen molar-refractivity contribution in [2.24, 2.45) is 0 Å². The zero-order valence-electron chi connectivity index (χ0n) is 20.0. The number of hydrogen-bond donors (Lipinski definition) is 1. The molecule has 1 aromatic heterocycles. The Labute approximate surface area is 197 Å². The maximum absolute atomic E-state index is 12.7. The molecule has 1 saturated heterocycles. The van der Waals surface area contributed by atoms with Crippen LogP contribution in [0.4, 0.5) is 5.69 Å². The number of para-hydroxylation sites is 1. The molecule has 2 aromatic carbocycles. The van der Waals surface area contributed by atoms with Gasteiger partial charge < -0.3 is 28.7 Å². The number of rotatable bonds is 6. The van der Waals surface area contributed by atoms with Crippen LogP contribution in [0.3, 0.4) is 0 Å². The zero-order valence-corrected chi connectivity index (χ0v) is 20.0. The van der Waals surface area contributed by atoms with Crippen molar-refractivity contribution < 1.29 is 28.2 Å². The molecule has 1 fully saturated rings.